The summed E-state index contributed by atoms with van der Waals surface area (Å²) in [5, 5.41) is 11.6. The second-order valence-corrected chi connectivity index (χ2v) is 4.63. The van der Waals surface area contributed by atoms with Gasteiger partial charge >= 0.3 is 6.09 Å². The van der Waals surface area contributed by atoms with Crippen molar-refractivity contribution in [1.29, 1.82) is 5.26 Å². The van der Waals surface area contributed by atoms with Crippen LogP contribution in [0.25, 0.3) is 0 Å². The van der Waals surface area contributed by atoms with Gasteiger partial charge in [-0.05, 0) is 43.5 Å². The first kappa shape index (κ1) is 16.0. The quantitative estimate of drug-likeness (QED) is 0.837. The molecule has 1 amide bonds. The number of carbonyl (C=O) groups is 1. The molecule has 0 radical (unpaired) electrons. The molecule has 0 heterocycles. The number of rotatable bonds is 5. The standard InChI is InChI=1S/C15H19FN2O2/c1-4-5-6-20-15(19)18-11(3)14-8-13(16)7-12(9-17)10(14)2/h7-8,11H,4-6H2,1-3H3,(H,18,19)/t11-/m1/s1. The first-order chi connectivity index (χ1) is 9.49. The van der Waals surface area contributed by atoms with Gasteiger partial charge in [0, 0.05) is 0 Å². The van der Waals surface area contributed by atoms with E-state index in [1.54, 1.807) is 13.8 Å². The van der Waals surface area contributed by atoms with Crippen LogP contribution in [0.15, 0.2) is 12.1 Å². The number of ether oxygens (including phenoxy) is 1. The molecule has 5 heteroatoms. The van der Waals surface area contributed by atoms with Crippen LogP contribution in [0.1, 0.15) is 49.4 Å². The minimum absolute atomic E-state index is 0.271. The van der Waals surface area contributed by atoms with Crippen LogP contribution >= 0.6 is 0 Å². The van der Waals surface area contributed by atoms with E-state index >= 15 is 0 Å². The average Bonchev–Trinajstić information content (AvgIpc) is 2.41. The number of benzene rings is 1. The fourth-order valence-electron chi connectivity index (χ4n) is 1.87. The SMILES string of the molecule is CCCCOC(=O)N[C@H](C)c1cc(F)cc(C#N)c1C. The van der Waals surface area contributed by atoms with Gasteiger partial charge in [0.05, 0.1) is 24.3 Å². The first-order valence-corrected chi connectivity index (χ1v) is 6.63. The number of nitriles is 1. The Balaban J connectivity index is 2.77. The van der Waals surface area contributed by atoms with Gasteiger partial charge in [0.15, 0.2) is 0 Å². The van der Waals surface area contributed by atoms with Crippen molar-refractivity contribution in [1.82, 2.24) is 5.32 Å². The van der Waals surface area contributed by atoms with Crippen LogP contribution in [0.5, 0.6) is 0 Å². The van der Waals surface area contributed by atoms with Gasteiger partial charge in [-0.25, -0.2) is 9.18 Å². The second-order valence-electron chi connectivity index (χ2n) is 4.63. The van der Waals surface area contributed by atoms with E-state index in [2.05, 4.69) is 5.32 Å². The molecular formula is C15H19FN2O2. The Kier molecular flexibility index (Phi) is 5.98. The maximum absolute atomic E-state index is 13.4. The summed E-state index contributed by atoms with van der Waals surface area (Å²) < 4.78 is 18.4. The number of unbranched alkanes of at least 4 members (excludes halogenated alkanes) is 1. The molecule has 1 N–H and O–H groups in total. The zero-order valence-corrected chi connectivity index (χ0v) is 12.0. The van der Waals surface area contributed by atoms with E-state index in [1.807, 2.05) is 13.0 Å². The summed E-state index contributed by atoms with van der Waals surface area (Å²) in [4.78, 5) is 11.6. The Bertz CT molecular complexity index is 523. The van der Waals surface area contributed by atoms with E-state index in [0.29, 0.717) is 17.7 Å². The predicted octanol–water partition coefficient (Wildman–Crippen LogP) is 3.59. The fraction of sp³-hybridized carbons (Fsp3) is 0.467. The van der Waals surface area contributed by atoms with E-state index in [9.17, 15) is 9.18 Å². The molecule has 0 aliphatic rings. The maximum atomic E-state index is 13.4. The Morgan fingerprint density at radius 1 is 1.55 bits per heavy atom. The third kappa shape index (κ3) is 4.23. The minimum atomic E-state index is -0.534. The number of alkyl carbamates (subject to hydrolysis) is 1. The third-order valence-electron chi connectivity index (χ3n) is 3.06. The van der Waals surface area contributed by atoms with Gasteiger partial charge in [-0.15, -0.1) is 0 Å². The zero-order chi connectivity index (χ0) is 15.1. The van der Waals surface area contributed by atoms with Crippen LogP contribution in [0.4, 0.5) is 9.18 Å². The van der Waals surface area contributed by atoms with Gasteiger partial charge in [-0.3, -0.25) is 0 Å². The lowest BCUT2D eigenvalue weighted by molar-refractivity contribution is 0.141. The molecule has 20 heavy (non-hydrogen) atoms. The van der Waals surface area contributed by atoms with Crippen molar-refractivity contribution in [2.45, 2.75) is 39.7 Å². The number of hydrogen-bond donors (Lipinski definition) is 1. The number of amides is 1. The van der Waals surface area contributed by atoms with Crippen molar-refractivity contribution in [2.24, 2.45) is 0 Å². The van der Waals surface area contributed by atoms with Crippen LogP contribution in [-0.2, 0) is 4.74 Å². The van der Waals surface area contributed by atoms with Gasteiger partial charge < -0.3 is 10.1 Å². The van der Waals surface area contributed by atoms with Crippen molar-refractivity contribution >= 4 is 6.09 Å². The summed E-state index contributed by atoms with van der Waals surface area (Å²) in [6, 6.07) is 4.03. The lowest BCUT2D eigenvalue weighted by Crippen LogP contribution is -2.28. The summed E-state index contributed by atoms with van der Waals surface area (Å²) in [6.45, 7) is 5.82. The smallest absolute Gasteiger partial charge is 0.407 e. The monoisotopic (exact) mass is 278 g/mol. The predicted molar refractivity (Wildman–Crippen MR) is 73.7 cm³/mol. The average molecular weight is 278 g/mol. The van der Waals surface area contributed by atoms with E-state index in [0.717, 1.165) is 12.8 Å². The fourth-order valence-corrected chi connectivity index (χ4v) is 1.87. The van der Waals surface area contributed by atoms with Crippen molar-refractivity contribution in [2.75, 3.05) is 6.61 Å². The third-order valence-corrected chi connectivity index (χ3v) is 3.06. The van der Waals surface area contributed by atoms with Crippen LogP contribution < -0.4 is 5.32 Å². The molecule has 4 nitrogen and oxygen atoms in total. The van der Waals surface area contributed by atoms with Crippen molar-refractivity contribution in [3.63, 3.8) is 0 Å². The molecule has 108 valence electrons. The summed E-state index contributed by atoms with van der Waals surface area (Å²) in [7, 11) is 0. The normalized spacial score (nSPS) is 11.6. The summed E-state index contributed by atoms with van der Waals surface area (Å²) in [6.07, 6.45) is 1.21. The van der Waals surface area contributed by atoms with Crippen molar-refractivity contribution in [3.05, 3.63) is 34.6 Å². The number of nitrogens with zero attached hydrogens (tertiary/aromatic N) is 1. The van der Waals surface area contributed by atoms with Gasteiger partial charge in [-0.2, -0.15) is 5.26 Å². The highest BCUT2D eigenvalue weighted by molar-refractivity contribution is 5.68. The molecule has 0 saturated heterocycles. The highest BCUT2D eigenvalue weighted by Crippen LogP contribution is 2.22. The van der Waals surface area contributed by atoms with E-state index < -0.39 is 18.0 Å². The summed E-state index contributed by atoms with van der Waals surface area (Å²) >= 11 is 0. The second kappa shape index (κ2) is 7.49. The summed E-state index contributed by atoms with van der Waals surface area (Å²) in [5.74, 6) is -0.491. The molecule has 0 spiro atoms. The largest absolute Gasteiger partial charge is 0.450 e. The molecule has 0 aromatic heterocycles. The highest BCUT2D eigenvalue weighted by atomic mass is 19.1. The molecule has 0 unspecified atom stereocenters. The molecule has 0 fully saturated rings. The van der Waals surface area contributed by atoms with Crippen LogP contribution in [-0.4, -0.2) is 12.7 Å². The van der Waals surface area contributed by atoms with Crippen LogP contribution in [0.2, 0.25) is 0 Å². The lowest BCUT2D eigenvalue weighted by Gasteiger charge is -2.17. The van der Waals surface area contributed by atoms with E-state index in [1.165, 1.54) is 12.1 Å². The van der Waals surface area contributed by atoms with Crippen molar-refractivity contribution in [3.8, 4) is 6.07 Å². The molecule has 1 rings (SSSR count). The van der Waals surface area contributed by atoms with E-state index in [4.69, 9.17) is 10.00 Å². The number of carbonyl (C=O) groups excluding carboxylic acids is 1. The number of halogens is 1. The lowest BCUT2D eigenvalue weighted by atomic mass is 9.98. The first-order valence-electron chi connectivity index (χ1n) is 6.63. The Labute approximate surface area is 118 Å². The molecule has 1 aromatic rings. The number of nitrogens with one attached hydrogen (secondary N) is 1. The minimum Gasteiger partial charge on any atom is -0.450 e. The molecule has 0 aliphatic carbocycles. The van der Waals surface area contributed by atoms with E-state index in [-0.39, 0.29) is 5.56 Å². The zero-order valence-electron chi connectivity index (χ0n) is 12.0. The molecule has 1 aromatic carbocycles. The molecule has 0 bridgehead atoms. The topological polar surface area (TPSA) is 62.1 Å². The molecule has 0 aliphatic heterocycles. The van der Waals surface area contributed by atoms with Gasteiger partial charge in [0.25, 0.3) is 0 Å². The van der Waals surface area contributed by atoms with Gasteiger partial charge in [-0.1, -0.05) is 13.3 Å². The molecular weight excluding hydrogens is 259 g/mol. The molecule has 1 atom stereocenters. The Hall–Kier alpha value is -2.09. The number of hydrogen-bond acceptors (Lipinski definition) is 3. The van der Waals surface area contributed by atoms with Crippen molar-refractivity contribution < 1.29 is 13.9 Å². The Morgan fingerprint density at radius 3 is 2.85 bits per heavy atom. The summed E-state index contributed by atoms with van der Waals surface area (Å²) in [5.41, 5.74) is 1.51. The van der Waals surface area contributed by atoms with Gasteiger partial charge in [0.2, 0.25) is 0 Å². The van der Waals surface area contributed by atoms with Gasteiger partial charge in [0.1, 0.15) is 5.82 Å². The maximum Gasteiger partial charge on any atom is 0.407 e. The highest BCUT2D eigenvalue weighted by Gasteiger charge is 2.16. The van der Waals surface area contributed by atoms with Crippen LogP contribution in [0, 0.1) is 24.1 Å². The Morgan fingerprint density at radius 2 is 2.25 bits per heavy atom. The van der Waals surface area contributed by atoms with Crippen LogP contribution in [0.3, 0.4) is 0 Å². The molecule has 0 saturated carbocycles.